The zero-order valence-corrected chi connectivity index (χ0v) is 17.2. The summed E-state index contributed by atoms with van der Waals surface area (Å²) in [6.07, 6.45) is 4.83. The highest BCUT2D eigenvalue weighted by Crippen LogP contribution is 2.18. The lowest BCUT2D eigenvalue weighted by Gasteiger charge is -2.16. The molecule has 3 heterocycles. The van der Waals surface area contributed by atoms with Gasteiger partial charge in [0.1, 0.15) is 6.54 Å². The van der Waals surface area contributed by atoms with Crippen LogP contribution in [0.2, 0.25) is 0 Å². The second-order valence-electron chi connectivity index (χ2n) is 7.31. The van der Waals surface area contributed by atoms with E-state index in [9.17, 15) is 14.4 Å². The lowest BCUT2D eigenvalue weighted by Crippen LogP contribution is -2.38. The van der Waals surface area contributed by atoms with E-state index in [-0.39, 0.29) is 30.4 Å². The molecule has 156 valence electrons. The van der Waals surface area contributed by atoms with Crippen molar-refractivity contribution in [1.82, 2.24) is 19.1 Å². The number of hydrogen-bond acceptors (Lipinski definition) is 5. The summed E-state index contributed by atoms with van der Waals surface area (Å²) in [5, 5.41) is 2.88. The summed E-state index contributed by atoms with van der Waals surface area (Å²) >= 11 is 0. The highest BCUT2D eigenvalue weighted by molar-refractivity contribution is 5.91. The molecule has 31 heavy (non-hydrogen) atoms. The van der Waals surface area contributed by atoms with Gasteiger partial charge in [-0.3, -0.25) is 19.1 Å². The highest BCUT2D eigenvalue weighted by atomic mass is 16.2. The maximum absolute atomic E-state index is 13.0. The van der Waals surface area contributed by atoms with Gasteiger partial charge in [-0.1, -0.05) is 12.1 Å². The summed E-state index contributed by atoms with van der Waals surface area (Å²) in [5.41, 5.74) is 2.71. The smallest absolute Gasteiger partial charge is 0.324 e. The van der Waals surface area contributed by atoms with Gasteiger partial charge in [-0.15, -0.1) is 0 Å². The third-order valence-corrected chi connectivity index (χ3v) is 5.23. The Hall–Kier alpha value is -4.07. The van der Waals surface area contributed by atoms with E-state index < -0.39 is 11.2 Å². The van der Waals surface area contributed by atoms with E-state index in [1.165, 1.54) is 4.57 Å². The van der Waals surface area contributed by atoms with Gasteiger partial charge in [0.2, 0.25) is 5.91 Å². The molecule has 1 N–H and O–H groups in total. The van der Waals surface area contributed by atoms with Crippen molar-refractivity contribution in [1.29, 1.82) is 0 Å². The quantitative estimate of drug-likeness (QED) is 0.539. The topological polar surface area (TPSA) is 98.9 Å². The molecule has 0 atom stereocenters. The normalized spacial score (nSPS) is 10.9. The first-order chi connectivity index (χ1) is 14.9. The molecule has 0 bridgehead atoms. The fourth-order valence-corrected chi connectivity index (χ4v) is 3.39. The van der Waals surface area contributed by atoms with Crippen molar-refractivity contribution in [2.75, 3.05) is 5.32 Å². The van der Waals surface area contributed by atoms with Gasteiger partial charge in [-0.2, -0.15) is 4.98 Å². The van der Waals surface area contributed by atoms with E-state index in [0.717, 1.165) is 26.9 Å². The Labute approximate surface area is 178 Å². The zero-order valence-electron chi connectivity index (χ0n) is 17.2. The lowest BCUT2D eigenvalue weighted by atomic mass is 10.1. The Morgan fingerprint density at radius 1 is 1.03 bits per heavy atom. The third kappa shape index (κ3) is 4.13. The molecular formula is C23H21N5O3. The molecule has 0 aliphatic carbocycles. The van der Waals surface area contributed by atoms with Crippen LogP contribution in [0.4, 0.5) is 5.69 Å². The van der Waals surface area contributed by atoms with Crippen LogP contribution in [0, 0.1) is 13.8 Å². The molecule has 4 rings (SSSR count). The largest absolute Gasteiger partial charge is 0.352 e. The van der Waals surface area contributed by atoms with Crippen LogP contribution in [0.3, 0.4) is 0 Å². The molecule has 8 heteroatoms. The fourth-order valence-electron chi connectivity index (χ4n) is 3.39. The minimum atomic E-state index is -0.663. The van der Waals surface area contributed by atoms with Gasteiger partial charge in [0.15, 0.2) is 5.82 Å². The van der Waals surface area contributed by atoms with Gasteiger partial charge in [0, 0.05) is 24.3 Å². The SMILES string of the molecule is Cc1cccc(NC(=O)Cn2cccc3c(=O)n(Cc4ccncc4)c(=O)nc2-3)c1C. The molecule has 1 amide bonds. The Morgan fingerprint density at radius 3 is 2.58 bits per heavy atom. The number of benzene rings is 1. The van der Waals surface area contributed by atoms with E-state index in [4.69, 9.17) is 0 Å². The van der Waals surface area contributed by atoms with Crippen molar-refractivity contribution >= 4 is 11.6 Å². The van der Waals surface area contributed by atoms with Crippen molar-refractivity contribution in [2.45, 2.75) is 26.9 Å². The van der Waals surface area contributed by atoms with Crippen LogP contribution in [0.25, 0.3) is 11.4 Å². The molecule has 2 aromatic rings. The summed E-state index contributed by atoms with van der Waals surface area (Å²) in [4.78, 5) is 46.2. The van der Waals surface area contributed by atoms with Crippen LogP contribution in [0.5, 0.6) is 0 Å². The van der Waals surface area contributed by atoms with E-state index >= 15 is 0 Å². The molecule has 0 unspecified atom stereocenters. The van der Waals surface area contributed by atoms with Crippen LogP contribution in [-0.2, 0) is 17.9 Å². The van der Waals surface area contributed by atoms with E-state index in [0.29, 0.717) is 0 Å². The number of amides is 1. The second kappa shape index (κ2) is 8.35. The second-order valence-corrected chi connectivity index (χ2v) is 7.31. The summed E-state index contributed by atoms with van der Waals surface area (Å²) < 4.78 is 2.59. The maximum Gasteiger partial charge on any atom is 0.352 e. The predicted octanol–water partition coefficient (Wildman–Crippen LogP) is 2.21. The molecule has 0 spiro atoms. The van der Waals surface area contributed by atoms with Crippen molar-refractivity contribution in [2.24, 2.45) is 0 Å². The number of rotatable bonds is 5. The Kier molecular flexibility index (Phi) is 5.44. The Bertz CT molecular complexity index is 1340. The van der Waals surface area contributed by atoms with Crippen LogP contribution in [0.15, 0.2) is 70.6 Å². The number of fused-ring (bicyclic) bond motifs is 1. The van der Waals surface area contributed by atoms with Crippen LogP contribution >= 0.6 is 0 Å². The number of pyridine rings is 2. The summed E-state index contributed by atoms with van der Waals surface area (Å²) in [6, 6.07) is 12.4. The molecule has 0 radical (unpaired) electrons. The fraction of sp³-hybridized carbons (Fsp3) is 0.174. The predicted molar refractivity (Wildman–Crippen MR) is 117 cm³/mol. The number of nitrogens with zero attached hydrogens (tertiary/aromatic N) is 4. The van der Waals surface area contributed by atoms with Crippen molar-refractivity contribution in [3.8, 4) is 11.4 Å². The monoisotopic (exact) mass is 415 g/mol. The Morgan fingerprint density at radius 2 is 1.81 bits per heavy atom. The van der Waals surface area contributed by atoms with Gasteiger partial charge < -0.3 is 9.88 Å². The number of hydrogen-bond donors (Lipinski definition) is 1. The molecule has 2 aliphatic rings. The van der Waals surface area contributed by atoms with Gasteiger partial charge in [-0.25, -0.2) is 4.79 Å². The number of carbonyl (C=O) groups excluding carboxylic acids is 1. The van der Waals surface area contributed by atoms with Crippen LogP contribution < -0.4 is 16.6 Å². The molecule has 0 saturated heterocycles. The average Bonchev–Trinajstić information content (AvgIpc) is 2.76. The van der Waals surface area contributed by atoms with E-state index in [2.05, 4.69) is 15.3 Å². The minimum Gasteiger partial charge on any atom is -0.324 e. The molecular weight excluding hydrogens is 394 g/mol. The number of carbonyl (C=O) groups is 1. The standard InChI is InChI=1S/C23H21N5O3/c1-15-5-3-7-19(16(15)2)25-20(29)14-27-12-4-6-18-21(27)26-23(31)28(22(18)30)13-17-8-10-24-11-9-17/h3-12H,13-14H2,1-2H3,(H,25,29). The van der Waals surface area contributed by atoms with E-state index in [1.807, 2.05) is 32.0 Å². The summed E-state index contributed by atoms with van der Waals surface area (Å²) in [5.74, 6) is -0.0963. The first kappa shape index (κ1) is 20.2. The number of aryl methyl sites for hydroxylation is 1. The van der Waals surface area contributed by atoms with Crippen molar-refractivity contribution in [3.05, 3.63) is 98.6 Å². The zero-order chi connectivity index (χ0) is 22.0. The summed E-state index contributed by atoms with van der Waals surface area (Å²) in [7, 11) is 0. The van der Waals surface area contributed by atoms with E-state index in [1.54, 1.807) is 42.9 Å². The van der Waals surface area contributed by atoms with Gasteiger partial charge in [0.05, 0.1) is 12.1 Å². The molecule has 0 fully saturated rings. The van der Waals surface area contributed by atoms with Crippen LogP contribution in [-0.4, -0.2) is 25.0 Å². The van der Waals surface area contributed by atoms with Gasteiger partial charge in [-0.05, 0) is 60.9 Å². The molecule has 2 aliphatic heterocycles. The first-order valence-corrected chi connectivity index (χ1v) is 9.79. The maximum atomic E-state index is 13.0. The molecule has 1 aromatic carbocycles. The summed E-state index contributed by atoms with van der Waals surface area (Å²) in [6.45, 7) is 3.93. The molecule has 0 saturated carbocycles. The Balaban J connectivity index is 1.65. The van der Waals surface area contributed by atoms with Gasteiger partial charge in [0.25, 0.3) is 5.56 Å². The van der Waals surface area contributed by atoms with Crippen LogP contribution in [0.1, 0.15) is 16.7 Å². The molecule has 1 aromatic heterocycles. The number of nitrogens with one attached hydrogen (secondary N) is 1. The van der Waals surface area contributed by atoms with Crippen molar-refractivity contribution in [3.63, 3.8) is 0 Å². The molecule has 8 nitrogen and oxygen atoms in total. The first-order valence-electron chi connectivity index (χ1n) is 9.79. The number of anilines is 1. The highest BCUT2D eigenvalue weighted by Gasteiger charge is 2.18. The lowest BCUT2D eigenvalue weighted by molar-refractivity contribution is -0.116. The third-order valence-electron chi connectivity index (χ3n) is 5.23. The van der Waals surface area contributed by atoms with Gasteiger partial charge >= 0.3 is 5.69 Å². The number of aromatic nitrogens is 4. The minimum absolute atomic E-state index is 0.0784. The van der Waals surface area contributed by atoms with Crippen molar-refractivity contribution < 1.29 is 4.79 Å². The average molecular weight is 415 g/mol.